The summed E-state index contributed by atoms with van der Waals surface area (Å²) in [6.07, 6.45) is -4.53. The molecule has 1 heterocycles. The van der Waals surface area contributed by atoms with Gasteiger partial charge in [0.05, 0.1) is 5.56 Å². The average molecular weight is 442 g/mol. The highest BCUT2D eigenvalue weighted by Crippen LogP contribution is 2.30. The van der Waals surface area contributed by atoms with Crippen molar-refractivity contribution in [3.63, 3.8) is 0 Å². The van der Waals surface area contributed by atoms with Gasteiger partial charge in [0, 0.05) is 11.3 Å². The van der Waals surface area contributed by atoms with E-state index in [2.05, 4.69) is 20.2 Å². The highest BCUT2D eigenvalue weighted by Gasteiger charge is 2.30. The summed E-state index contributed by atoms with van der Waals surface area (Å²) in [5.74, 6) is -0.485. The van der Waals surface area contributed by atoms with Gasteiger partial charge in [0.25, 0.3) is 20.3 Å². The van der Waals surface area contributed by atoms with Gasteiger partial charge in [-0.25, -0.2) is 0 Å². The summed E-state index contributed by atoms with van der Waals surface area (Å²) < 4.78 is 64.1. The minimum absolute atomic E-state index is 0.0385. The third-order valence-corrected chi connectivity index (χ3v) is 6.22. The highest BCUT2D eigenvalue weighted by molar-refractivity contribution is 7.94. The van der Waals surface area contributed by atoms with Crippen LogP contribution in [0.15, 0.2) is 52.9 Å². The Balaban J connectivity index is 1.71. The van der Waals surface area contributed by atoms with Crippen LogP contribution in [0.1, 0.15) is 21.5 Å². The molecule has 0 saturated carbocycles. The summed E-state index contributed by atoms with van der Waals surface area (Å²) in [7, 11) is -4.18. The molecule has 0 saturated heterocycles. The summed E-state index contributed by atoms with van der Waals surface area (Å²) in [4.78, 5) is 12.2. The second-order valence-corrected chi connectivity index (χ2v) is 8.71. The van der Waals surface area contributed by atoms with Crippen LogP contribution < -0.4 is 10.0 Å². The normalized spacial score (nSPS) is 11.9. The summed E-state index contributed by atoms with van der Waals surface area (Å²) in [5, 5.41) is 9.56. The maximum absolute atomic E-state index is 12.6. The number of amides is 1. The number of anilines is 2. The van der Waals surface area contributed by atoms with Gasteiger partial charge < -0.3 is 0 Å². The van der Waals surface area contributed by atoms with E-state index in [0.717, 1.165) is 29.8 Å². The number of nitrogens with one attached hydrogen (secondary N) is 2. The summed E-state index contributed by atoms with van der Waals surface area (Å²) in [6, 6.07) is 10.2. The number of benzene rings is 2. The molecule has 0 spiro atoms. The lowest BCUT2D eigenvalue weighted by Crippen LogP contribution is -2.13. The fourth-order valence-corrected chi connectivity index (χ4v) is 4.12. The van der Waals surface area contributed by atoms with Gasteiger partial charge >= 0.3 is 6.18 Å². The molecule has 0 aliphatic carbocycles. The molecule has 12 heteroatoms. The smallest absolute Gasteiger partial charge is 0.296 e. The van der Waals surface area contributed by atoms with Gasteiger partial charge in [0.1, 0.15) is 0 Å². The van der Waals surface area contributed by atoms with E-state index >= 15 is 0 Å². The summed E-state index contributed by atoms with van der Waals surface area (Å²) in [5.41, 5.74) is 0.356. The number of halogens is 3. The molecule has 3 rings (SSSR count). The van der Waals surface area contributed by atoms with Gasteiger partial charge in [0.2, 0.25) is 5.13 Å². The first-order valence-corrected chi connectivity index (χ1v) is 10.3. The molecule has 0 aliphatic rings. The lowest BCUT2D eigenvalue weighted by molar-refractivity contribution is -0.137. The monoisotopic (exact) mass is 442 g/mol. The highest BCUT2D eigenvalue weighted by atomic mass is 32.2. The number of carbonyl (C=O) groups excluding carboxylic acids is 1. The molecule has 0 radical (unpaired) electrons. The number of sulfonamides is 1. The maximum Gasteiger partial charge on any atom is 0.416 e. The van der Waals surface area contributed by atoms with Crippen molar-refractivity contribution in [1.29, 1.82) is 0 Å². The molecule has 2 aromatic carbocycles. The number of aromatic nitrogens is 2. The van der Waals surface area contributed by atoms with Crippen molar-refractivity contribution in [3.8, 4) is 0 Å². The SMILES string of the molecule is Cc1ccc(C(=O)Nc2nnc(S(=O)(=O)Nc3ccc(C(F)(F)F)cc3)s2)cc1. The minimum Gasteiger partial charge on any atom is -0.296 e. The first kappa shape index (κ1) is 20.7. The third kappa shape index (κ3) is 5.09. The van der Waals surface area contributed by atoms with Crippen LogP contribution in [0, 0.1) is 6.92 Å². The second kappa shape index (κ2) is 7.79. The maximum atomic E-state index is 12.6. The number of hydrogen-bond donors (Lipinski definition) is 2. The largest absolute Gasteiger partial charge is 0.416 e. The molecule has 1 aromatic heterocycles. The van der Waals surface area contributed by atoms with E-state index < -0.39 is 32.0 Å². The van der Waals surface area contributed by atoms with Gasteiger partial charge in [-0.3, -0.25) is 14.8 Å². The van der Waals surface area contributed by atoms with Gasteiger partial charge in [-0.15, -0.1) is 10.2 Å². The molecular formula is C17H13F3N4O3S2. The zero-order valence-electron chi connectivity index (χ0n) is 14.7. The number of alkyl halides is 3. The molecule has 7 nitrogen and oxygen atoms in total. The second-order valence-electron chi connectivity index (χ2n) is 5.87. The fourth-order valence-electron chi connectivity index (χ4n) is 2.17. The van der Waals surface area contributed by atoms with Crippen molar-refractivity contribution in [2.24, 2.45) is 0 Å². The van der Waals surface area contributed by atoms with Crippen molar-refractivity contribution in [2.45, 2.75) is 17.4 Å². The lowest BCUT2D eigenvalue weighted by Gasteiger charge is -2.08. The Hall–Kier alpha value is -2.99. The zero-order valence-corrected chi connectivity index (χ0v) is 16.3. The molecule has 0 fully saturated rings. The van der Waals surface area contributed by atoms with E-state index in [1.807, 2.05) is 6.92 Å². The molecule has 1 amide bonds. The van der Waals surface area contributed by atoms with Gasteiger partial charge in [-0.05, 0) is 43.3 Å². The van der Waals surface area contributed by atoms with Crippen LogP contribution in [0.4, 0.5) is 24.0 Å². The Morgan fingerprint density at radius 3 is 2.21 bits per heavy atom. The first-order chi connectivity index (χ1) is 13.5. The lowest BCUT2D eigenvalue weighted by atomic mass is 10.1. The van der Waals surface area contributed by atoms with Crippen molar-refractivity contribution < 1.29 is 26.4 Å². The van der Waals surface area contributed by atoms with E-state index in [1.54, 1.807) is 24.3 Å². The predicted octanol–water partition coefficient (Wildman–Crippen LogP) is 3.92. The molecular weight excluding hydrogens is 429 g/mol. The van der Waals surface area contributed by atoms with E-state index in [4.69, 9.17) is 0 Å². The van der Waals surface area contributed by atoms with Crippen LogP contribution in [0.2, 0.25) is 0 Å². The Morgan fingerprint density at radius 1 is 1.00 bits per heavy atom. The standard InChI is InChI=1S/C17H13F3N4O3S2/c1-10-2-4-11(5-3-10)14(25)21-15-22-23-16(28-15)29(26,27)24-13-8-6-12(7-9-13)17(18,19)20/h2-9,24H,1H3,(H,21,22,25). The first-order valence-electron chi connectivity index (χ1n) is 7.96. The molecule has 2 N–H and O–H groups in total. The molecule has 152 valence electrons. The topological polar surface area (TPSA) is 101 Å². The van der Waals surface area contributed by atoms with Crippen LogP contribution in [0.3, 0.4) is 0 Å². The summed E-state index contributed by atoms with van der Waals surface area (Å²) >= 11 is 0.608. The number of aryl methyl sites for hydroxylation is 1. The van der Waals surface area contributed by atoms with Crippen molar-refractivity contribution in [3.05, 3.63) is 65.2 Å². The molecule has 3 aromatic rings. The number of hydrogen-bond acceptors (Lipinski definition) is 6. The van der Waals surface area contributed by atoms with Crippen molar-refractivity contribution in [2.75, 3.05) is 10.0 Å². The Bertz CT molecular complexity index is 1130. The van der Waals surface area contributed by atoms with E-state index in [-0.39, 0.29) is 10.8 Å². The minimum atomic E-state index is -4.53. The fraction of sp³-hybridized carbons (Fsp3) is 0.118. The Kier molecular flexibility index (Phi) is 5.57. The molecule has 29 heavy (non-hydrogen) atoms. The van der Waals surface area contributed by atoms with Gasteiger partial charge in [-0.1, -0.05) is 29.0 Å². The van der Waals surface area contributed by atoms with Crippen molar-refractivity contribution in [1.82, 2.24) is 10.2 Å². The van der Waals surface area contributed by atoms with E-state index in [0.29, 0.717) is 16.9 Å². The molecule has 0 bridgehead atoms. The molecule has 0 unspecified atom stereocenters. The number of rotatable bonds is 5. The van der Waals surface area contributed by atoms with Crippen LogP contribution in [-0.2, 0) is 16.2 Å². The quantitative estimate of drug-likeness (QED) is 0.584. The van der Waals surface area contributed by atoms with Crippen LogP contribution in [-0.4, -0.2) is 24.5 Å². The molecule has 0 atom stereocenters. The Labute approximate surface area is 167 Å². The van der Waals surface area contributed by atoms with Crippen LogP contribution in [0.5, 0.6) is 0 Å². The van der Waals surface area contributed by atoms with Gasteiger partial charge in [-0.2, -0.15) is 21.6 Å². The van der Waals surface area contributed by atoms with E-state index in [9.17, 15) is 26.4 Å². The number of carbonyl (C=O) groups is 1. The third-order valence-electron chi connectivity index (χ3n) is 3.64. The predicted molar refractivity (Wildman–Crippen MR) is 101 cm³/mol. The van der Waals surface area contributed by atoms with Gasteiger partial charge in [0.15, 0.2) is 0 Å². The zero-order chi connectivity index (χ0) is 21.2. The summed E-state index contributed by atoms with van der Waals surface area (Å²) in [6.45, 7) is 1.87. The Morgan fingerprint density at radius 2 is 1.62 bits per heavy atom. The van der Waals surface area contributed by atoms with Crippen LogP contribution in [0.25, 0.3) is 0 Å². The average Bonchev–Trinajstić information content (AvgIpc) is 3.11. The van der Waals surface area contributed by atoms with Crippen molar-refractivity contribution >= 4 is 38.1 Å². The van der Waals surface area contributed by atoms with E-state index in [1.165, 1.54) is 0 Å². The number of nitrogens with zero attached hydrogens (tertiary/aromatic N) is 2. The van der Waals surface area contributed by atoms with Crippen LogP contribution >= 0.6 is 11.3 Å². The molecule has 0 aliphatic heterocycles.